The molecule has 25 heavy (non-hydrogen) atoms. The minimum absolute atomic E-state index is 0.0441. The molecule has 1 aromatic rings. The molecule has 134 valence electrons. The second kappa shape index (κ2) is 8.76. The maximum atomic E-state index is 12.6. The Morgan fingerprint density at radius 1 is 1.24 bits per heavy atom. The molecule has 1 aromatic carbocycles. The van der Waals surface area contributed by atoms with Crippen LogP contribution in [0.4, 0.5) is 10.5 Å². The highest BCUT2D eigenvalue weighted by atomic mass is 16.4. The van der Waals surface area contributed by atoms with Crippen LogP contribution < -0.4 is 10.2 Å². The van der Waals surface area contributed by atoms with Crippen molar-refractivity contribution in [3.8, 4) is 0 Å². The van der Waals surface area contributed by atoms with Crippen LogP contribution in [0, 0.1) is 5.53 Å². The number of anilines is 1. The summed E-state index contributed by atoms with van der Waals surface area (Å²) in [5.41, 5.74) is 8.49. The molecule has 1 aliphatic heterocycles. The van der Waals surface area contributed by atoms with Crippen molar-refractivity contribution in [2.24, 2.45) is 5.11 Å². The molecule has 1 saturated heterocycles. The Kier molecular flexibility index (Phi) is 6.44. The number of benzene rings is 1. The first kappa shape index (κ1) is 18.4. The van der Waals surface area contributed by atoms with Gasteiger partial charge in [0.05, 0.1) is 13.0 Å². The van der Waals surface area contributed by atoms with Crippen LogP contribution in [0.3, 0.4) is 0 Å². The van der Waals surface area contributed by atoms with Gasteiger partial charge < -0.3 is 15.3 Å². The van der Waals surface area contributed by atoms with Gasteiger partial charge in [-0.3, -0.25) is 14.5 Å². The van der Waals surface area contributed by atoms with Gasteiger partial charge in [0.15, 0.2) is 0 Å². The van der Waals surface area contributed by atoms with Crippen LogP contribution in [0.25, 0.3) is 0 Å². The van der Waals surface area contributed by atoms with Crippen LogP contribution in [-0.2, 0) is 16.1 Å². The van der Waals surface area contributed by atoms with E-state index < -0.39 is 5.97 Å². The van der Waals surface area contributed by atoms with Gasteiger partial charge in [0.1, 0.15) is 6.54 Å². The Labute approximate surface area is 145 Å². The van der Waals surface area contributed by atoms with E-state index in [-0.39, 0.29) is 31.4 Å². The van der Waals surface area contributed by atoms with Gasteiger partial charge in [-0.25, -0.2) is 10.3 Å². The fraction of sp³-hybridized carbons (Fsp3) is 0.438. The van der Waals surface area contributed by atoms with E-state index in [0.29, 0.717) is 19.6 Å². The Hall–Kier alpha value is -2.97. The summed E-state index contributed by atoms with van der Waals surface area (Å²) in [5, 5.41) is 14.4. The quantitative estimate of drug-likeness (QED) is 0.615. The Morgan fingerprint density at radius 2 is 1.96 bits per heavy atom. The fourth-order valence-corrected chi connectivity index (χ4v) is 2.58. The number of hydrogen-bond donors (Lipinski definition) is 3. The van der Waals surface area contributed by atoms with Gasteiger partial charge in [-0.1, -0.05) is 12.1 Å². The second-order valence-electron chi connectivity index (χ2n) is 5.69. The Bertz CT molecular complexity index is 646. The molecule has 0 aliphatic carbocycles. The predicted molar refractivity (Wildman–Crippen MR) is 89.5 cm³/mol. The van der Waals surface area contributed by atoms with E-state index in [4.69, 9.17) is 10.6 Å². The number of carboxylic acids is 1. The highest BCUT2D eigenvalue weighted by molar-refractivity contribution is 5.95. The predicted octanol–water partition coefficient (Wildman–Crippen LogP) is 1.44. The average Bonchev–Trinajstić information content (AvgIpc) is 2.58. The monoisotopic (exact) mass is 347 g/mol. The van der Waals surface area contributed by atoms with Crippen LogP contribution >= 0.6 is 0 Å². The standard InChI is InChI=1S/C16H21N5O4/c17-19-10-12-2-4-13(5-3-12)21-9-1-8-20(16(21)25)11-14(22)18-7-6-15(23)24/h2-5,17H,1,6-11H2,(H,18,22)(H,23,24). The number of carbonyl (C=O) groups excluding carboxylic acids is 2. The number of hydrogen-bond acceptors (Lipinski definition) is 5. The van der Waals surface area contributed by atoms with Gasteiger partial charge in [0, 0.05) is 25.3 Å². The zero-order valence-corrected chi connectivity index (χ0v) is 13.8. The number of nitrogens with one attached hydrogen (secondary N) is 2. The van der Waals surface area contributed by atoms with Crippen molar-refractivity contribution < 1.29 is 19.5 Å². The van der Waals surface area contributed by atoms with Crippen molar-refractivity contribution in [1.29, 1.82) is 5.53 Å². The second-order valence-corrected chi connectivity index (χ2v) is 5.69. The molecule has 0 radical (unpaired) electrons. The molecule has 3 amide bonds. The lowest BCUT2D eigenvalue weighted by molar-refractivity contribution is -0.136. The van der Waals surface area contributed by atoms with Crippen molar-refractivity contribution in [2.45, 2.75) is 19.4 Å². The van der Waals surface area contributed by atoms with Gasteiger partial charge in [0.2, 0.25) is 5.91 Å². The number of aliphatic carboxylic acids is 1. The van der Waals surface area contributed by atoms with Crippen molar-refractivity contribution in [3.63, 3.8) is 0 Å². The summed E-state index contributed by atoms with van der Waals surface area (Å²) >= 11 is 0. The zero-order chi connectivity index (χ0) is 18.2. The minimum atomic E-state index is -0.984. The molecule has 0 bridgehead atoms. The molecule has 0 saturated carbocycles. The Balaban J connectivity index is 1.94. The molecule has 9 heteroatoms. The van der Waals surface area contributed by atoms with E-state index in [0.717, 1.165) is 17.7 Å². The lowest BCUT2D eigenvalue weighted by Crippen LogP contribution is -2.52. The van der Waals surface area contributed by atoms with E-state index in [1.54, 1.807) is 17.0 Å². The van der Waals surface area contributed by atoms with E-state index in [9.17, 15) is 14.4 Å². The van der Waals surface area contributed by atoms with Crippen LogP contribution in [0.15, 0.2) is 29.4 Å². The zero-order valence-electron chi connectivity index (χ0n) is 13.8. The summed E-state index contributed by atoms with van der Waals surface area (Å²) in [6.07, 6.45) is 0.584. The van der Waals surface area contributed by atoms with E-state index >= 15 is 0 Å². The molecule has 0 unspecified atom stereocenters. The number of rotatable bonds is 8. The van der Waals surface area contributed by atoms with Gasteiger partial charge in [-0.15, -0.1) is 0 Å². The molecular formula is C16H21N5O4. The number of urea groups is 1. The van der Waals surface area contributed by atoms with Gasteiger partial charge in [-0.05, 0) is 24.1 Å². The molecule has 2 rings (SSSR count). The number of amides is 3. The van der Waals surface area contributed by atoms with Crippen LogP contribution in [-0.4, -0.2) is 54.1 Å². The molecule has 0 spiro atoms. The van der Waals surface area contributed by atoms with Crippen molar-refractivity contribution in [1.82, 2.24) is 10.2 Å². The number of carbonyl (C=O) groups is 3. The summed E-state index contributed by atoms with van der Waals surface area (Å²) in [7, 11) is 0. The van der Waals surface area contributed by atoms with Gasteiger partial charge >= 0.3 is 12.0 Å². The highest BCUT2D eigenvalue weighted by Crippen LogP contribution is 2.21. The lowest BCUT2D eigenvalue weighted by atomic mass is 10.1. The molecule has 9 nitrogen and oxygen atoms in total. The summed E-state index contributed by atoms with van der Waals surface area (Å²) in [6, 6.07) is 6.98. The molecule has 0 atom stereocenters. The number of nitrogens with zero attached hydrogens (tertiary/aromatic N) is 3. The molecule has 0 aromatic heterocycles. The van der Waals surface area contributed by atoms with Crippen molar-refractivity contribution in [3.05, 3.63) is 29.8 Å². The van der Waals surface area contributed by atoms with Crippen LogP contribution in [0.1, 0.15) is 18.4 Å². The Morgan fingerprint density at radius 3 is 2.60 bits per heavy atom. The summed E-state index contributed by atoms with van der Waals surface area (Å²) in [4.78, 5) is 37.9. The average molecular weight is 347 g/mol. The van der Waals surface area contributed by atoms with E-state index in [2.05, 4.69) is 10.4 Å². The van der Waals surface area contributed by atoms with E-state index in [1.807, 2.05) is 12.1 Å². The molecule has 1 heterocycles. The van der Waals surface area contributed by atoms with E-state index in [1.165, 1.54) is 4.90 Å². The van der Waals surface area contributed by atoms with Crippen LogP contribution in [0.2, 0.25) is 0 Å². The summed E-state index contributed by atoms with van der Waals surface area (Å²) < 4.78 is 0. The first-order valence-corrected chi connectivity index (χ1v) is 7.98. The maximum absolute atomic E-state index is 12.6. The van der Waals surface area contributed by atoms with Crippen molar-refractivity contribution in [2.75, 3.05) is 31.1 Å². The lowest BCUT2D eigenvalue weighted by Gasteiger charge is -2.35. The molecule has 3 N–H and O–H groups in total. The summed E-state index contributed by atoms with van der Waals surface area (Å²) in [6.45, 7) is 1.31. The first-order chi connectivity index (χ1) is 12.0. The third-order valence-corrected chi connectivity index (χ3v) is 3.82. The highest BCUT2D eigenvalue weighted by Gasteiger charge is 2.28. The third kappa shape index (κ3) is 5.27. The number of carboxylic acid groups (broad SMARTS) is 1. The minimum Gasteiger partial charge on any atom is -0.481 e. The molecular weight excluding hydrogens is 326 g/mol. The molecule has 1 fully saturated rings. The SMILES string of the molecule is N=NCc1ccc(N2CCCN(CC(=O)NCCC(=O)O)C2=O)cc1. The maximum Gasteiger partial charge on any atom is 0.324 e. The smallest absolute Gasteiger partial charge is 0.324 e. The summed E-state index contributed by atoms with van der Waals surface area (Å²) in [5.74, 6) is -1.36. The van der Waals surface area contributed by atoms with Crippen molar-refractivity contribution >= 4 is 23.6 Å². The third-order valence-electron chi connectivity index (χ3n) is 3.82. The normalized spacial score (nSPS) is 14.3. The fourth-order valence-electron chi connectivity index (χ4n) is 2.58. The van der Waals surface area contributed by atoms with Gasteiger partial charge in [0.25, 0.3) is 0 Å². The molecule has 1 aliphatic rings. The van der Waals surface area contributed by atoms with Gasteiger partial charge in [-0.2, -0.15) is 5.11 Å². The largest absolute Gasteiger partial charge is 0.481 e. The topological polar surface area (TPSA) is 126 Å². The van der Waals surface area contributed by atoms with Crippen LogP contribution in [0.5, 0.6) is 0 Å². The first-order valence-electron chi connectivity index (χ1n) is 7.98.